The summed E-state index contributed by atoms with van der Waals surface area (Å²) in [5.74, 6) is -0.773. The molecular formula is C13H12N2O3. The van der Waals surface area contributed by atoms with Crippen LogP contribution in [-0.4, -0.2) is 17.7 Å². The van der Waals surface area contributed by atoms with Crippen molar-refractivity contribution in [1.82, 2.24) is 0 Å². The minimum atomic E-state index is -0.341. The van der Waals surface area contributed by atoms with Gasteiger partial charge in [0.15, 0.2) is 0 Å². The van der Waals surface area contributed by atoms with E-state index in [-0.39, 0.29) is 30.6 Å². The lowest BCUT2D eigenvalue weighted by Gasteiger charge is -2.14. The second kappa shape index (κ2) is 4.83. The summed E-state index contributed by atoms with van der Waals surface area (Å²) in [6, 6.07) is 6.59. The number of hydrogen-bond acceptors (Lipinski definition) is 3. The number of carbonyl (C=O) groups is 3. The van der Waals surface area contributed by atoms with Gasteiger partial charge in [0.1, 0.15) is 0 Å². The molecule has 1 aromatic carbocycles. The standard InChI is InChI=1S/C13H12N2O3/c1-2-11(16)14-9-4-3-5-10(8-9)15-12(17)6-7-13(15)18/h2-5,8H,1,6-7H2,(H,14,16). The van der Waals surface area contributed by atoms with E-state index in [0.717, 1.165) is 11.0 Å². The van der Waals surface area contributed by atoms with Crippen LogP contribution in [0.15, 0.2) is 36.9 Å². The average molecular weight is 244 g/mol. The van der Waals surface area contributed by atoms with Gasteiger partial charge in [0.25, 0.3) is 0 Å². The van der Waals surface area contributed by atoms with E-state index in [2.05, 4.69) is 11.9 Å². The monoisotopic (exact) mass is 244 g/mol. The number of hydrogen-bond donors (Lipinski definition) is 1. The van der Waals surface area contributed by atoms with E-state index < -0.39 is 0 Å². The van der Waals surface area contributed by atoms with Gasteiger partial charge < -0.3 is 5.32 Å². The molecule has 0 atom stereocenters. The maximum atomic E-state index is 11.6. The molecule has 0 unspecified atom stereocenters. The van der Waals surface area contributed by atoms with Gasteiger partial charge in [0, 0.05) is 18.5 Å². The number of imide groups is 1. The molecule has 0 spiro atoms. The molecule has 0 radical (unpaired) electrons. The first kappa shape index (κ1) is 12.0. The molecule has 1 N–H and O–H groups in total. The lowest BCUT2D eigenvalue weighted by Crippen LogP contribution is -2.28. The normalized spacial score (nSPS) is 14.8. The number of nitrogens with one attached hydrogen (secondary N) is 1. The van der Waals surface area contributed by atoms with Gasteiger partial charge in [0.2, 0.25) is 17.7 Å². The zero-order valence-electron chi connectivity index (χ0n) is 9.68. The molecule has 1 fully saturated rings. The average Bonchev–Trinajstić information content (AvgIpc) is 2.69. The Morgan fingerprint density at radius 2 is 1.94 bits per heavy atom. The smallest absolute Gasteiger partial charge is 0.247 e. The van der Waals surface area contributed by atoms with Crippen molar-refractivity contribution in [3.05, 3.63) is 36.9 Å². The summed E-state index contributed by atoms with van der Waals surface area (Å²) < 4.78 is 0. The highest BCUT2D eigenvalue weighted by atomic mass is 16.2. The predicted molar refractivity (Wildman–Crippen MR) is 67.0 cm³/mol. The first-order valence-corrected chi connectivity index (χ1v) is 5.51. The van der Waals surface area contributed by atoms with E-state index in [1.165, 1.54) is 0 Å². The lowest BCUT2D eigenvalue weighted by molar-refractivity contribution is -0.121. The number of carbonyl (C=O) groups excluding carboxylic acids is 3. The van der Waals surface area contributed by atoms with E-state index in [0.29, 0.717) is 11.4 Å². The predicted octanol–water partition coefficient (Wildman–Crippen LogP) is 1.46. The fourth-order valence-electron chi connectivity index (χ4n) is 1.78. The maximum absolute atomic E-state index is 11.6. The summed E-state index contributed by atoms with van der Waals surface area (Å²) in [5, 5.41) is 2.58. The van der Waals surface area contributed by atoms with Crippen molar-refractivity contribution < 1.29 is 14.4 Å². The van der Waals surface area contributed by atoms with Crippen LogP contribution in [0.4, 0.5) is 11.4 Å². The van der Waals surface area contributed by atoms with Gasteiger partial charge in [-0.05, 0) is 24.3 Å². The van der Waals surface area contributed by atoms with Crippen LogP contribution in [0.2, 0.25) is 0 Å². The third-order valence-corrected chi connectivity index (χ3v) is 2.61. The Hall–Kier alpha value is -2.43. The van der Waals surface area contributed by atoms with Gasteiger partial charge in [-0.1, -0.05) is 12.6 Å². The van der Waals surface area contributed by atoms with E-state index >= 15 is 0 Å². The molecular weight excluding hydrogens is 232 g/mol. The highest BCUT2D eigenvalue weighted by Crippen LogP contribution is 2.25. The minimum Gasteiger partial charge on any atom is -0.322 e. The summed E-state index contributed by atoms with van der Waals surface area (Å²) in [6.45, 7) is 3.35. The van der Waals surface area contributed by atoms with Crippen molar-refractivity contribution in [2.24, 2.45) is 0 Å². The first-order valence-electron chi connectivity index (χ1n) is 5.51. The Kier molecular flexibility index (Phi) is 3.23. The van der Waals surface area contributed by atoms with Crippen LogP contribution >= 0.6 is 0 Å². The molecule has 18 heavy (non-hydrogen) atoms. The number of nitrogens with zero attached hydrogens (tertiary/aromatic N) is 1. The third kappa shape index (κ3) is 2.29. The molecule has 1 aliphatic rings. The molecule has 1 heterocycles. The third-order valence-electron chi connectivity index (χ3n) is 2.61. The van der Waals surface area contributed by atoms with Crippen LogP contribution in [0.5, 0.6) is 0 Å². The fraction of sp³-hybridized carbons (Fsp3) is 0.154. The van der Waals surface area contributed by atoms with Crippen LogP contribution in [0.3, 0.4) is 0 Å². The summed E-state index contributed by atoms with van der Waals surface area (Å²) in [6.07, 6.45) is 1.63. The molecule has 0 saturated carbocycles. The van der Waals surface area contributed by atoms with Gasteiger partial charge in [-0.3, -0.25) is 19.3 Å². The Bertz CT molecular complexity index is 521. The first-order chi connectivity index (χ1) is 8.61. The summed E-state index contributed by atoms with van der Waals surface area (Å²) >= 11 is 0. The van der Waals surface area contributed by atoms with Gasteiger partial charge >= 0.3 is 0 Å². The van der Waals surface area contributed by atoms with Gasteiger partial charge in [-0.25, -0.2) is 0 Å². The topological polar surface area (TPSA) is 66.5 Å². The molecule has 92 valence electrons. The van der Waals surface area contributed by atoms with Crippen molar-refractivity contribution in [2.75, 3.05) is 10.2 Å². The molecule has 1 aliphatic heterocycles. The summed E-state index contributed by atoms with van der Waals surface area (Å²) in [5.41, 5.74) is 0.995. The van der Waals surface area contributed by atoms with Crippen LogP contribution in [0, 0.1) is 0 Å². The van der Waals surface area contributed by atoms with Crippen molar-refractivity contribution in [3.8, 4) is 0 Å². The molecule has 0 aromatic heterocycles. The Morgan fingerprint density at radius 3 is 2.56 bits per heavy atom. The highest BCUT2D eigenvalue weighted by molar-refractivity contribution is 6.20. The second-order valence-electron chi connectivity index (χ2n) is 3.87. The van der Waals surface area contributed by atoms with Crippen LogP contribution in [0.1, 0.15) is 12.8 Å². The largest absolute Gasteiger partial charge is 0.322 e. The molecule has 5 heteroatoms. The number of rotatable bonds is 3. The molecule has 1 aromatic rings. The van der Waals surface area contributed by atoms with Crippen LogP contribution in [0.25, 0.3) is 0 Å². The Morgan fingerprint density at radius 1 is 1.28 bits per heavy atom. The van der Waals surface area contributed by atoms with E-state index in [4.69, 9.17) is 0 Å². The van der Waals surface area contributed by atoms with E-state index in [9.17, 15) is 14.4 Å². The van der Waals surface area contributed by atoms with Crippen LogP contribution in [-0.2, 0) is 14.4 Å². The van der Waals surface area contributed by atoms with E-state index in [1.54, 1.807) is 24.3 Å². The Balaban J connectivity index is 2.26. The molecule has 3 amide bonds. The van der Waals surface area contributed by atoms with Gasteiger partial charge in [-0.15, -0.1) is 0 Å². The van der Waals surface area contributed by atoms with Gasteiger partial charge in [0.05, 0.1) is 5.69 Å². The van der Waals surface area contributed by atoms with Crippen LogP contribution < -0.4 is 10.2 Å². The lowest BCUT2D eigenvalue weighted by atomic mass is 10.2. The zero-order chi connectivity index (χ0) is 13.1. The number of anilines is 2. The molecule has 1 saturated heterocycles. The van der Waals surface area contributed by atoms with Crippen molar-refractivity contribution in [2.45, 2.75) is 12.8 Å². The molecule has 2 rings (SSSR count). The summed E-state index contributed by atoms with van der Waals surface area (Å²) in [7, 11) is 0. The quantitative estimate of drug-likeness (QED) is 0.646. The second-order valence-corrected chi connectivity index (χ2v) is 3.87. The number of amides is 3. The summed E-state index contributed by atoms with van der Waals surface area (Å²) in [4.78, 5) is 35.5. The maximum Gasteiger partial charge on any atom is 0.247 e. The minimum absolute atomic E-state index is 0.216. The van der Waals surface area contributed by atoms with E-state index in [1.807, 2.05) is 0 Å². The van der Waals surface area contributed by atoms with Crippen molar-refractivity contribution >= 4 is 29.1 Å². The zero-order valence-corrected chi connectivity index (χ0v) is 9.68. The highest BCUT2D eigenvalue weighted by Gasteiger charge is 2.30. The van der Waals surface area contributed by atoms with Gasteiger partial charge in [-0.2, -0.15) is 0 Å². The van der Waals surface area contributed by atoms with Crippen molar-refractivity contribution in [1.29, 1.82) is 0 Å². The molecule has 0 bridgehead atoms. The fourth-order valence-corrected chi connectivity index (χ4v) is 1.78. The Labute approximate surface area is 104 Å². The molecule has 5 nitrogen and oxygen atoms in total. The number of benzene rings is 1. The molecule has 0 aliphatic carbocycles. The van der Waals surface area contributed by atoms with Crippen molar-refractivity contribution in [3.63, 3.8) is 0 Å². The SMILES string of the molecule is C=CC(=O)Nc1cccc(N2C(=O)CCC2=O)c1.